The first-order valence-electron chi connectivity index (χ1n) is 9.42. The van der Waals surface area contributed by atoms with Gasteiger partial charge in [-0.3, -0.25) is 4.79 Å². The van der Waals surface area contributed by atoms with Gasteiger partial charge in [0.1, 0.15) is 0 Å². The van der Waals surface area contributed by atoms with Crippen LogP contribution in [0.4, 0.5) is 0 Å². The van der Waals surface area contributed by atoms with Crippen LogP contribution in [0.5, 0.6) is 5.75 Å². The van der Waals surface area contributed by atoms with Crippen molar-refractivity contribution in [1.82, 2.24) is 0 Å². The van der Waals surface area contributed by atoms with Crippen molar-refractivity contribution in [1.29, 1.82) is 0 Å². The largest absolute Gasteiger partial charge is 0.491 e. The van der Waals surface area contributed by atoms with Crippen LogP contribution in [0.3, 0.4) is 0 Å². The first kappa shape index (κ1) is 23.1. The number of carbonyl (C=O) groups is 2. The maximum atomic E-state index is 13.3. The van der Waals surface area contributed by atoms with Gasteiger partial charge in [-0.15, -0.1) is 0 Å². The Morgan fingerprint density at radius 3 is 2.06 bits per heavy atom. The molecule has 0 aliphatic heterocycles. The molecule has 0 saturated carbocycles. The van der Waals surface area contributed by atoms with Gasteiger partial charge in [-0.1, -0.05) is 75.8 Å². The topological polar surface area (TPSA) is 60.4 Å². The number of methoxy groups -OCH3 is 1. The van der Waals surface area contributed by atoms with E-state index in [0.29, 0.717) is 11.1 Å². The quantitative estimate of drug-likeness (QED) is 0.304. The number of rotatable bonds is 6. The van der Waals surface area contributed by atoms with E-state index in [9.17, 15) is 14.2 Å². The first-order chi connectivity index (χ1) is 14.7. The molecule has 3 aromatic rings. The smallest absolute Gasteiger partial charge is 0.464 e. The Morgan fingerprint density at radius 2 is 1.52 bits per heavy atom. The zero-order chi connectivity index (χ0) is 22.9. The fourth-order valence-electron chi connectivity index (χ4n) is 3.60. The zero-order valence-electron chi connectivity index (χ0n) is 17.5. The van der Waals surface area contributed by atoms with Crippen LogP contribution in [0.2, 0.25) is 10.0 Å². The Kier molecular flexibility index (Phi) is 6.96. The number of carbonyl (C=O) groups excluding carboxylic acids is 2. The van der Waals surface area contributed by atoms with Crippen molar-refractivity contribution in [3.8, 4) is 5.75 Å². The number of hydrogen-bond donors (Lipinski definition) is 0. The van der Waals surface area contributed by atoms with E-state index < -0.39 is 13.3 Å². The van der Waals surface area contributed by atoms with Crippen molar-refractivity contribution < 1.29 is 18.9 Å². The van der Waals surface area contributed by atoms with Crippen molar-refractivity contribution in [3.63, 3.8) is 0 Å². The van der Waals surface area contributed by atoms with E-state index in [-0.39, 0.29) is 32.4 Å². The van der Waals surface area contributed by atoms with Gasteiger partial charge in [0.25, 0.3) is 5.30 Å². The van der Waals surface area contributed by atoms with Crippen molar-refractivity contribution in [3.05, 3.63) is 92.0 Å². The van der Waals surface area contributed by atoms with Crippen LogP contribution >= 0.6 is 31.0 Å². The second-order valence-corrected chi connectivity index (χ2v) is 9.40. The van der Waals surface area contributed by atoms with E-state index in [2.05, 4.69) is 0 Å². The normalized spacial score (nSPS) is 11.2. The molecule has 0 bridgehead atoms. The number of aryl methyl sites for hydroxylation is 3. The van der Waals surface area contributed by atoms with Crippen molar-refractivity contribution in [2.24, 2.45) is 0 Å². The molecule has 0 spiro atoms. The van der Waals surface area contributed by atoms with Gasteiger partial charge in [0.2, 0.25) is 0 Å². The van der Waals surface area contributed by atoms with Gasteiger partial charge in [-0.05, 0) is 38.0 Å². The maximum Gasteiger partial charge on any atom is 0.464 e. The molecule has 0 aliphatic rings. The highest BCUT2D eigenvalue weighted by Gasteiger charge is 2.42. The summed E-state index contributed by atoms with van der Waals surface area (Å²) in [5, 5.41) is -0.0696. The van der Waals surface area contributed by atoms with Gasteiger partial charge in [-0.2, -0.15) is 0 Å². The lowest BCUT2D eigenvalue weighted by molar-refractivity contribution is 0.103. The fourth-order valence-corrected chi connectivity index (χ4v) is 5.81. The van der Waals surface area contributed by atoms with E-state index in [1.165, 1.54) is 13.2 Å². The lowest BCUT2D eigenvalue weighted by atomic mass is 10.0. The summed E-state index contributed by atoms with van der Waals surface area (Å²) in [5.74, 6) is -0.394. The lowest BCUT2D eigenvalue weighted by Crippen LogP contribution is -2.14. The Balaban J connectivity index is 2.12. The average Bonchev–Trinajstić information content (AvgIpc) is 2.73. The lowest BCUT2D eigenvalue weighted by Gasteiger charge is -2.11. The zero-order valence-corrected chi connectivity index (χ0v) is 19.9. The molecule has 0 heterocycles. The summed E-state index contributed by atoms with van der Waals surface area (Å²) in [6.07, 6.45) is 0. The molecule has 1 unspecified atom stereocenters. The minimum absolute atomic E-state index is 0.0156. The van der Waals surface area contributed by atoms with Crippen LogP contribution in [0.15, 0.2) is 48.5 Å². The Labute approximate surface area is 191 Å². The summed E-state index contributed by atoms with van der Waals surface area (Å²) in [6, 6.07) is 13.6. The SMILES string of the molecule is COc1c(Cl)c(C(=O)c2ccccc2)cc(Cl)c1[P+](=O)C(=O)c1c(C)cc(C)cc1C. The molecule has 31 heavy (non-hydrogen) atoms. The fraction of sp³-hybridized carbons (Fsp3) is 0.167. The van der Waals surface area contributed by atoms with Crippen LogP contribution < -0.4 is 10.0 Å². The highest BCUT2D eigenvalue weighted by molar-refractivity contribution is 7.72. The number of ether oxygens (including phenoxy) is 1. The predicted octanol–water partition coefficient (Wildman–Crippen LogP) is 6.45. The minimum Gasteiger partial charge on any atom is -0.491 e. The number of hydrogen-bond acceptors (Lipinski definition) is 4. The summed E-state index contributed by atoms with van der Waals surface area (Å²) in [7, 11) is -1.32. The van der Waals surface area contributed by atoms with Crippen LogP contribution in [-0.4, -0.2) is 18.4 Å². The molecule has 3 aromatic carbocycles. The molecule has 0 N–H and O–H groups in total. The van der Waals surface area contributed by atoms with Crippen LogP contribution in [0.25, 0.3) is 0 Å². The molecule has 0 aliphatic carbocycles. The van der Waals surface area contributed by atoms with E-state index >= 15 is 0 Å². The van der Waals surface area contributed by atoms with Crippen LogP contribution in [0.1, 0.15) is 43.0 Å². The third-order valence-corrected chi connectivity index (χ3v) is 7.16. The van der Waals surface area contributed by atoms with Gasteiger partial charge >= 0.3 is 13.3 Å². The second kappa shape index (κ2) is 9.32. The average molecular weight is 474 g/mol. The molecule has 158 valence electrons. The second-order valence-electron chi connectivity index (χ2n) is 7.17. The Bertz CT molecular complexity index is 1200. The molecule has 0 aromatic heterocycles. The van der Waals surface area contributed by atoms with Gasteiger partial charge in [0, 0.05) is 11.1 Å². The molecule has 7 heteroatoms. The van der Waals surface area contributed by atoms with Gasteiger partial charge in [0.15, 0.2) is 11.5 Å². The molecule has 0 amide bonds. The van der Waals surface area contributed by atoms with Crippen LogP contribution in [0, 0.1) is 20.8 Å². The Hall–Kier alpha value is -2.52. The molecule has 0 radical (unpaired) electrons. The summed E-state index contributed by atoms with van der Waals surface area (Å²) >= 11 is 12.9. The van der Waals surface area contributed by atoms with Crippen molar-refractivity contribution in [2.75, 3.05) is 7.11 Å². The molecule has 4 nitrogen and oxygen atoms in total. The standard InChI is InChI=1S/C24H20Cl2O4P/c1-13-10-14(2)19(15(3)11-13)24(28)31(29)23-18(25)12-17(20(26)22(23)30-4)21(27)16-8-6-5-7-9-16/h5-12H,1-4H3/q+1. The predicted molar refractivity (Wildman–Crippen MR) is 125 cm³/mol. The van der Waals surface area contributed by atoms with Crippen LogP contribution in [-0.2, 0) is 4.57 Å². The van der Waals surface area contributed by atoms with Crippen molar-refractivity contribution >= 4 is 47.6 Å². The first-order valence-corrected chi connectivity index (χ1v) is 11.4. The Morgan fingerprint density at radius 1 is 0.935 bits per heavy atom. The molecular formula is C24H20Cl2O4P+. The summed E-state index contributed by atoms with van der Waals surface area (Å²) in [5.41, 5.74) is 2.79. The molecule has 1 atom stereocenters. The summed E-state index contributed by atoms with van der Waals surface area (Å²) < 4.78 is 18.7. The van der Waals surface area contributed by atoms with Gasteiger partial charge < -0.3 is 4.74 Å². The molecular weight excluding hydrogens is 454 g/mol. The summed E-state index contributed by atoms with van der Waals surface area (Å²) in [4.78, 5) is 26.1. The minimum atomic E-state index is -2.65. The molecule has 0 saturated heterocycles. The van der Waals surface area contributed by atoms with Gasteiger partial charge in [-0.25, -0.2) is 4.79 Å². The molecule has 3 rings (SSSR count). The summed E-state index contributed by atoms with van der Waals surface area (Å²) in [6.45, 7) is 5.52. The van der Waals surface area contributed by atoms with E-state index in [1.807, 2.05) is 19.1 Å². The van der Waals surface area contributed by atoms with Crippen molar-refractivity contribution in [2.45, 2.75) is 20.8 Å². The van der Waals surface area contributed by atoms with Gasteiger partial charge in [0.05, 0.1) is 22.7 Å². The third-order valence-electron chi connectivity index (χ3n) is 4.91. The number of halogens is 2. The van der Waals surface area contributed by atoms with E-state index in [4.69, 9.17) is 27.9 Å². The monoisotopic (exact) mass is 473 g/mol. The third kappa shape index (κ3) is 4.43. The maximum absolute atomic E-state index is 13.3. The highest BCUT2D eigenvalue weighted by atomic mass is 35.5. The van der Waals surface area contributed by atoms with E-state index in [0.717, 1.165) is 16.7 Å². The highest BCUT2D eigenvalue weighted by Crippen LogP contribution is 2.41. The molecule has 0 fully saturated rings. The number of ketones is 1. The number of benzene rings is 3. The van der Waals surface area contributed by atoms with E-state index in [1.54, 1.807) is 44.2 Å².